The highest BCUT2D eigenvalue weighted by Gasteiger charge is 2.29. The number of amides is 1. The summed E-state index contributed by atoms with van der Waals surface area (Å²) in [5, 5.41) is 20.4. The number of nitrogens with zero attached hydrogens (tertiary/aromatic N) is 2. The normalized spacial score (nSPS) is 24.2. The molecule has 1 fully saturated rings. The molecule has 2 atom stereocenters. The predicted molar refractivity (Wildman–Crippen MR) is 63.3 cm³/mol. The summed E-state index contributed by atoms with van der Waals surface area (Å²) in [6.07, 6.45) is 2.52. The van der Waals surface area contributed by atoms with E-state index in [1.54, 1.807) is 0 Å². The van der Waals surface area contributed by atoms with Crippen LogP contribution in [0, 0.1) is 0 Å². The van der Waals surface area contributed by atoms with E-state index in [-0.39, 0.29) is 17.8 Å². The number of oxime groups is 1. The van der Waals surface area contributed by atoms with Crippen LogP contribution in [0.4, 0.5) is 5.82 Å². The standard InChI is InChI=1S/C10H15N5O3/c1-5-2-3-7(18-5)10(16)13-9-6(4-12-14-9)8(11)15-17/h4-5,7,17H,2-3H2,1H3,(H2,11,15)(H2,12,13,14,16). The Kier molecular flexibility index (Phi) is 3.47. The Morgan fingerprint density at radius 3 is 3.11 bits per heavy atom. The van der Waals surface area contributed by atoms with E-state index in [0.717, 1.165) is 6.42 Å². The molecule has 5 N–H and O–H groups in total. The number of aromatic amines is 1. The minimum atomic E-state index is -0.469. The van der Waals surface area contributed by atoms with Gasteiger partial charge in [0, 0.05) is 0 Å². The second-order valence-corrected chi connectivity index (χ2v) is 4.15. The molecule has 98 valence electrons. The third-order valence-electron chi connectivity index (χ3n) is 2.80. The van der Waals surface area contributed by atoms with Crippen molar-refractivity contribution in [2.45, 2.75) is 32.0 Å². The zero-order valence-electron chi connectivity index (χ0n) is 9.88. The number of carbonyl (C=O) groups is 1. The number of H-pyrrole nitrogens is 1. The van der Waals surface area contributed by atoms with E-state index in [1.165, 1.54) is 6.20 Å². The van der Waals surface area contributed by atoms with Crippen molar-refractivity contribution in [2.24, 2.45) is 10.9 Å². The van der Waals surface area contributed by atoms with Gasteiger partial charge in [0.2, 0.25) is 0 Å². The Labute approximate surface area is 103 Å². The molecule has 0 radical (unpaired) electrons. The summed E-state index contributed by atoms with van der Waals surface area (Å²) in [7, 11) is 0. The number of hydrogen-bond acceptors (Lipinski definition) is 5. The molecule has 2 unspecified atom stereocenters. The van der Waals surface area contributed by atoms with E-state index in [9.17, 15) is 4.79 Å². The van der Waals surface area contributed by atoms with Crippen molar-refractivity contribution >= 4 is 17.6 Å². The Balaban J connectivity index is 2.06. The molecule has 1 aromatic heterocycles. The molecular weight excluding hydrogens is 238 g/mol. The zero-order chi connectivity index (χ0) is 13.1. The van der Waals surface area contributed by atoms with E-state index in [0.29, 0.717) is 17.8 Å². The van der Waals surface area contributed by atoms with Crippen LogP contribution in [0.3, 0.4) is 0 Å². The van der Waals surface area contributed by atoms with E-state index < -0.39 is 6.10 Å². The lowest BCUT2D eigenvalue weighted by atomic mass is 10.2. The maximum atomic E-state index is 11.9. The van der Waals surface area contributed by atoms with Crippen molar-refractivity contribution < 1.29 is 14.7 Å². The monoisotopic (exact) mass is 253 g/mol. The van der Waals surface area contributed by atoms with Crippen LogP contribution in [0.2, 0.25) is 0 Å². The summed E-state index contributed by atoms with van der Waals surface area (Å²) in [6.45, 7) is 1.92. The topological polar surface area (TPSA) is 126 Å². The van der Waals surface area contributed by atoms with E-state index in [1.807, 2.05) is 6.92 Å². The van der Waals surface area contributed by atoms with Crippen LogP contribution in [0.15, 0.2) is 11.4 Å². The summed E-state index contributed by atoms with van der Waals surface area (Å²) in [5.74, 6) is -0.103. The molecule has 1 aliphatic rings. The molecule has 2 rings (SSSR count). The smallest absolute Gasteiger partial charge is 0.254 e. The van der Waals surface area contributed by atoms with Crippen LogP contribution in [-0.4, -0.2) is 39.4 Å². The quantitative estimate of drug-likeness (QED) is 0.261. The van der Waals surface area contributed by atoms with Gasteiger partial charge in [-0.15, -0.1) is 0 Å². The third-order valence-corrected chi connectivity index (χ3v) is 2.80. The van der Waals surface area contributed by atoms with Gasteiger partial charge in [0.15, 0.2) is 5.84 Å². The molecule has 18 heavy (non-hydrogen) atoms. The zero-order valence-corrected chi connectivity index (χ0v) is 9.88. The van der Waals surface area contributed by atoms with Gasteiger partial charge in [-0.25, -0.2) is 0 Å². The van der Waals surface area contributed by atoms with Gasteiger partial charge < -0.3 is 21.0 Å². The molecule has 1 aromatic rings. The maximum Gasteiger partial charge on any atom is 0.254 e. The number of rotatable bonds is 3. The van der Waals surface area contributed by atoms with Crippen LogP contribution in [0.5, 0.6) is 0 Å². The molecular formula is C10H15N5O3. The Morgan fingerprint density at radius 1 is 1.72 bits per heavy atom. The number of nitrogens with two attached hydrogens (primary N) is 1. The molecule has 0 saturated carbocycles. The maximum absolute atomic E-state index is 11.9. The first kappa shape index (κ1) is 12.4. The average molecular weight is 253 g/mol. The highest BCUT2D eigenvalue weighted by Crippen LogP contribution is 2.21. The molecule has 0 aromatic carbocycles. The fourth-order valence-electron chi connectivity index (χ4n) is 1.83. The molecule has 8 nitrogen and oxygen atoms in total. The molecule has 8 heteroatoms. The summed E-state index contributed by atoms with van der Waals surface area (Å²) in [6, 6.07) is 0. The Bertz CT molecular complexity index is 470. The number of ether oxygens (including phenoxy) is 1. The average Bonchev–Trinajstić information content (AvgIpc) is 2.97. The van der Waals surface area contributed by atoms with E-state index >= 15 is 0 Å². The number of nitrogens with one attached hydrogen (secondary N) is 2. The second kappa shape index (κ2) is 5.05. The number of aromatic nitrogens is 2. The Hall–Kier alpha value is -2.09. The van der Waals surface area contributed by atoms with Gasteiger partial charge in [-0.05, 0) is 19.8 Å². The lowest BCUT2D eigenvalue weighted by Gasteiger charge is -2.11. The number of amidine groups is 1. The van der Waals surface area contributed by atoms with Crippen LogP contribution < -0.4 is 11.1 Å². The van der Waals surface area contributed by atoms with Crippen molar-refractivity contribution in [3.05, 3.63) is 11.8 Å². The number of carbonyl (C=O) groups excluding carboxylic acids is 1. The summed E-state index contributed by atoms with van der Waals surface area (Å²) in [5.41, 5.74) is 5.78. The summed E-state index contributed by atoms with van der Waals surface area (Å²) < 4.78 is 5.44. The number of anilines is 1. The first-order chi connectivity index (χ1) is 8.61. The molecule has 2 heterocycles. The minimum Gasteiger partial charge on any atom is -0.409 e. The van der Waals surface area contributed by atoms with Crippen LogP contribution in [0.1, 0.15) is 25.3 Å². The van der Waals surface area contributed by atoms with Gasteiger partial charge in [0.05, 0.1) is 17.9 Å². The fraction of sp³-hybridized carbons (Fsp3) is 0.500. The second-order valence-electron chi connectivity index (χ2n) is 4.15. The lowest BCUT2D eigenvalue weighted by molar-refractivity contribution is -0.126. The highest BCUT2D eigenvalue weighted by molar-refractivity contribution is 6.05. The van der Waals surface area contributed by atoms with Crippen molar-refractivity contribution in [1.29, 1.82) is 0 Å². The van der Waals surface area contributed by atoms with E-state index in [2.05, 4.69) is 20.7 Å². The van der Waals surface area contributed by atoms with Crippen molar-refractivity contribution in [1.82, 2.24) is 10.2 Å². The highest BCUT2D eigenvalue weighted by atomic mass is 16.5. The SMILES string of the molecule is CC1CCC(C(=O)Nc2[nH]ncc2C(N)=NO)O1. The molecule has 0 bridgehead atoms. The van der Waals surface area contributed by atoms with Gasteiger partial charge in [-0.3, -0.25) is 9.89 Å². The number of hydrogen-bond donors (Lipinski definition) is 4. The van der Waals surface area contributed by atoms with Crippen molar-refractivity contribution in [3.8, 4) is 0 Å². The van der Waals surface area contributed by atoms with E-state index in [4.69, 9.17) is 15.7 Å². The van der Waals surface area contributed by atoms with Gasteiger partial charge in [-0.2, -0.15) is 5.10 Å². The minimum absolute atomic E-state index is 0.0889. The van der Waals surface area contributed by atoms with Crippen LogP contribution in [0.25, 0.3) is 0 Å². The molecule has 0 spiro atoms. The van der Waals surface area contributed by atoms with Crippen molar-refractivity contribution in [3.63, 3.8) is 0 Å². The summed E-state index contributed by atoms with van der Waals surface area (Å²) >= 11 is 0. The fourth-order valence-corrected chi connectivity index (χ4v) is 1.83. The largest absolute Gasteiger partial charge is 0.409 e. The van der Waals surface area contributed by atoms with Crippen LogP contribution >= 0.6 is 0 Å². The first-order valence-electron chi connectivity index (χ1n) is 5.59. The predicted octanol–water partition coefficient (Wildman–Crippen LogP) is 0.0102. The first-order valence-corrected chi connectivity index (χ1v) is 5.59. The Morgan fingerprint density at radius 2 is 2.50 bits per heavy atom. The van der Waals surface area contributed by atoms with Crippen LogP contribution in [-0.2, 0) is 9.53 Å². The molecule has 0 aliphatic carbocycles. The molecule has 1 saturated heterocycles. The lowest BCUT2D eigenvalue weighted by Crippen LogP contribution is -2.29. The van der Waals surface area contributed by atoms with Gasteiger partial charge in [-0.1, -0.05) is 5.16 Å². The summed E-state index contributed by atoms with van der Waals surface area (Å²) in [4.78, 5) is 11.9. The molecule has 1 amide bonds. The van der Waals surface area contributed by atoms with Crippen molar-refractivity contribution in [2.75, 3.05) is 5.32 Å². The molecule has 1 aliphatic heterocycles. The third kappa shape index (κ3) is 2.43. The van der Waals surface area contributed by atoms with Gasteiger partial charge in [0.1, 0.15) is 11.9 Å². The van der Waals surface area contributed by atoms with Gasteiger partial charge >= 0.3 is 0 Å². The van der Waals surface area contributed by atoms with Gasteiger partial charge in [0.25, 0.3) is 5.91 Å².